The van der Waals surface area contributed by atoms with E-state index in [4.69, 9.17) is 9.47 Å². The van der Waals surface area contributed by atoms with Gasteiger partial charge < -0.3 is 19.5 Å². The molecule has 1 atom stereocenters. The van der Waals surface area contributed by atoms with Crippen LogP contribution in [0, 0.1) is 0 Å². The van der Waals surface area contributed by atoms with Crippen molar-refractivity contribution in [2.45, 2.75) is 18.6 Å². The number of carbonyl (C=O) groups excluding carboxylic acids is 2. The van der Waals surface area contributed by atoms with E-state index < -0.39 is 11.5 Å². The van der Waals surface area contributed by atoms with Gasteiger partial charge in [0.05, 0.1) is 18.7 Å². The van der Waals surface area contributed by atoms with E-state index in [2.05, 4.69) is 0 Å². The molecule has 6 rings (SSSR count). The summed E-state index contributed by atoms with van der Waals surface area (Å²) in [5.74, 6) is 0.219. The van der Waals surface area contributed by atoms with Crippen LogP contribution in [0.4, 0.5) is 5.69 Å². The summed E-state index contributed by atoms with van der Waals surface area (Å²) in [5, 5.41) is 13.8. The summed E-state index contributed by atoms with van der Waals surface area (Å²) in [7, 11) is 0. The van der Waals surface area contributed by atoms with E-state index in [1.165, 1.54) is 0 Å². The molecule has 0 aromatic heterocycles. The molecule has 0 unspecified atom stereocenters. The van der Waals surface area contributed by atoms with Gasteiger partial charge in [0.15, 0.2) is 22.9 Å². The maximum Gasteiger partial charge on any atom is 0.264 e. The third kappa shape index (κ3) is 3.54. The van der Waals surface area contributed by atoms with Crippen molar-refractivity contribution in [2.75, 3.05) is 18.1 Å². The van der Waals surface area contributed by atoms with Gasteiger partial charge >= 0.3 is 0 Å². The van der Waals surface area contributed by atoms with E-state index in [-0.39, 0.29) is 18.7 Å². The largest absolute Gasteiger partial charge is 0.486 e. The summed E-state index contributed by atoms with van der Waals surface area (Å²) in [6.45, 7) is 1.15. The fraction of sp³-hybridized carbons (Fsp3) is 0.172. The number of rotatable bonds is 5. The molecule has 2 heterocycles. The average molecular weight is 466 g/mol. The number of aliphatic hydroxyl groups is 1. The zero-order chi connectivity index (χ0) is 24.0. The van der Waals surface area contributed by atoms with E-state index in [1.54, 1.807) is 35.2 Å². The summed E-state index contributed by atoms with van der Waals surface area (Å²) in [6, 6.07) is 26.0. The van der Waals surface area contributed by atoms with Gasteiger partial charge in [-0.15, -0.1) is 0 Å². The van der Waals surface area contributed by atoms with Gasteiger partial charge in [-0.3, -0.25) is 9.59 Å². The number of para-hydroxylation sites is 1. The smallest absolute Gasteiger partial charge is 0.264 e. The van der Waals surface area contributed by atoms with Crippen molar-refractivity contribution in [1.82, 2.24) is 0 Å². The Labute approximate surface area is 202 Å². The van der Waals surface area contributed by atoms with Crippen LogP contribution in [0.5, 0.6) is 11.5 Å². The maximum absolute atomic E-state index is 13.7. The first-order valence-corrected chi connectivity index (χ1v) is 11.6. The number of nitrogens with zero attached hydrogens (tertiary/aromatic N) is 1. The van der Waals surface area contributed by atoms with Crippen molar-refractivity contribution in [3.63, 3.8) is 0 Å². The molecule has 35 heavy (non-hydrogen) atoms. The Morgan fingerprint density at radius 2 is 1.63 bits per heavy atom. The molecule has 0 aliphatic carbocycles. The number of amides is 1. The van der Waals surface area contributed by atoms with Gasteiger partial charge in [-0.05, 0) is 40.6 Å². The predicted molar refractivity (Wildman–Crippen MR) is 132 cm³/mol. The van der Waals surface area contributed by atoms with Gasteiger partial charge in [-0.1, -0.05) is 60.7 Å². The molecule has 0 bridgehead atoms. The molecular formula is C29H23NO5. The number of ether oxygens (including phenoxy) is 2. The first-order chi connectivity index (χ1) is 17.0. The van der Waals surface area contributed by atoms with E-state index >= 15 is 0 Å². The van der Waals surface area contributed by atoms with Crippen LogP contribution in [0.3, 0.4) is 0 Å². The molecule has 2 aliphatic heterocycles. The van der Waals surface area contributed by atoms with Gasteiger partial charge in [0.25, 0.3) is 5.91 Å². The molecule has 4 aromatic rings. The lowest BCUT2D eigenvalue weighted by atomic mass is 9.88. The normalized spacial score (nSPS) is 18.5. The Hall–Kier alpha value is -4.16. The highest BCUT2D eigenvalue weighted by Gasteiger charge is 2.50. The van der Waals surface area contributed by atoms with Gasteiger partial charge in [-0.25, -0.2) is 0 Å². The molecule has 4 aromatic carbocycles. The quantitative estimate of drug-likeness (QED) is 0.436. The van der Waals surface area contributed by atoms with Crippen molar-refractivity contribution < 1.29 is 24.2 Å². The zero-order valence-corrected chi connectivity index (χ0v) is 18.9. The number of anilines is 1. The minimum Gasteiger partial charge on any atom is -0.486 e. The molecule has 6 nitrogen and oxygen atoms in total. The van der Waals surface area contributed by atoms with Crippen molar-refractivity contribution >= 4 is 28.2 Å². The standard InChI is InChI=1S/C29H23NO5/c31-25(20-12-13-26-27(16-20)35-15-14-34-26)17-29(33)23-10-3-4-11-24(23)30(28(29)32)18-21-8-5-7-19-6-1-2-9-22(19)21/h1-13,16,33H,14-15,17-18H2/t29-/m1/s1. The molecule has 0 saturated carbocycles. The second-order valence-electron chi connectivity index (χ2n) is 8.87. The van der Waals surface area contributed by atoms with Gasteiger partial charge in [-0.2, -0.15) is 0 Å². The van der Waals surface area contributed by atoms with Crippen molar-refractivity contribution in [1.29, 1.82) is 0 Å². The van der Waals surface area contributed by atoms with Crippen LogP contribution in [0.2, 0.25) is 0 Å². The lowest BCUT2D eigenvalue weighted by molar-refractivity contribution is -0.136. The van der Waals surface area contributed by atoms with Crippen LogP contribution in [0.25, 0.3) is 10.8 Å². The minimum absolute atomic E-state index is 0.289. The van der Waals surface area contributed by atoms with E-state index in [0.717, 1.165) is 16.3 Å². The maximum atomic E-state index is 13.7. The fourth-order valence-electron chi connectivity index (χ4n) is 4.99. The molecule has 0 saturated heterocycles. The Kier molecular flexibility index (Phi) is 5.04. The Bertz CT molecular complexity index is 1470. The monoisotopic (exact) mass is 465 g/mol. The third-order valence-electron chi connectivity index (χ3n) is 6.73. The third-order valence-corrected chi connectivity index (χ3v) is 6.73. The highest BCUT2D eigenvalue weighted by molar-refractivity contribution is 6.11. The highest BCUT2D eigenvalue weighted by atomic mass is 16.6. The van der Waals surface area contributed by atoms with Crippen LogP contribution in [-0.4, -0.2) is 30.0 Å². The predicted octanol–water partition coefficient (Wildman–Crippen LogP) is 4.62. The summed E-state index contributed by atoms with van der Waals surface area (Å²) in [5.41, 5.74) is 0.430. The number of hydrogen-bond acceptors (Lipinski definition) is 5. The number of ketones is 1. The Morgan fingerprint density at radius 3 is 2.51 bits per heavy atom. The molecular weight excluding hydrogens is 442 g/mol. The number of Topliss-reactive ketones (excluding diaryl/α,β-unsaturated/α-hetero) is 1. The summed E-state index contributed by atoms with van der Waals surface area (Å²) >= 11 is 0. The molecule has 0 spiro atoms. The SMILES string of the molecule is O=C(C[C@]1(O)C(=O)N(Cc2cccc3ccccc23)c2ccccc21)c1ccc2c(c1)OCCO2. The van der Waals surface area contributed by atoms with Gasteiger partial charge in [0, 0.05) is 11.1 Å². The van der Waals surface area contributed by atoms with E-state index in [1.807, 2.05) is 54.6 Å². The topological polar surface area (TPSA) is 76.1 Å². The fourth-order valence-corrected chi connectivity index (χ4v) is 4.99. The van der Waals surface area contributed by atoms with Crippen molar-refractivity contribution in [3.05, 3.63) is 102 Å². The summed E-state index contributed by atoms with van der Waals surface area (Å²) in [4.78, 5) is 28.5. The Balaban J connectivity index is 1.34. The Morgan fingerprint density at radius 1 is 0.886 bits per heavy atom. The zero-order valence-electron chi connectivity index (χ0n) is 18.9. The molecule has 6 heteroatoms. The van der Waals surface area contributed by atoms with E-state index in [9.17, 15) is 14.7 Å². The van der Waals surface area contributed by atoms with Crippen molar-refractivity contribution in [2.24, 2.45) is 0 Å². The van der Waals surface area contributed by atoms with Crippen molar-refractivity contribution in [3.8, 4) is 11.5 Å². The summed E-state index contributed by atoms with van der Waals surface area (Å²) < 4.78 is 11.1. The first kappa shape index (κ1) is 21.4. The molecule has 1 N–H and O–H groups in total. The minimum atomic E-state index is -1.95. The lowest BCUT2D eigenvalue weighted by Gasteiger charge is -2.24. The lowest BCUT2D eigenvalue weighted by Crippen LogP contribution is -2.41. The van der Waals surface area contributed by atoms with Crippen LogP contribution < -0.4 is 14.4 Å². The molecule has 174 valence electrons. The number of hydrogen-bond donors (Lipinski definition) is 1. The molecule has 0 radical (unpaired) electrons. The van der Waals surface area contributed by atoms with Crippen LogP contribution in [0.15, 0.2) is 84.9 Å². The van der Waals surface area contributed by atoms with Gasteiger partial charge in [0.1, 0.15) is 13.2 Å². The van der Waals surface area contributed by atoms with Crippen LogP contribution in [0.1, 0.15) is 27.9 Å². The van der Waals surface area contributed by atoms with E-state index in [0.29, 0.717) is 41.5 Å². The number of benzene rings is 4. The molecule has 1 amide bonds. The summed E-state index contributed by atoms with van der Waals surface area (Å²) in [6.07, 6.45) is -0.367. The molecule has 0 fully saturated rings. The number of fused-ring (bicyclic) bond motifs is 3. The first-order valence-electron chi connectivity index (χ1n) is 11.6. The van der Waals surface area contributed by atoms with Gasteiger partial charge in [0.2, 0.25) is 0 Å². The second kappa shape index (κ2) is 8.25. The number of carbonyl (C=O) groups is 2. The average Bonchev–Trinajstić information content (AvgIpc) is 3.10. The van der Waals surface area contributed by atoms with Crippen LogP contribution >= 0.6 is 0 Å². The second-order valence-corrected chi connectivity index (χ2v) is 8.87. The highest BCUT2D eigenvalue weighted by Crippen LogP contribution is 2.44. The molecule has 2 aliphatic rings. The van der Waals surface area contributed by atoms with Crippen LogP contribution in [-0.2, 0) is 16.9 Å².